The van der Waals surface area contributed by atoms with E-state index in [1.165, 1.54) is 17.7 Å². The number of rotatable bonds is 3. The Morgan fingerprint density at radius 1 is 1.15 bits per heavy atom. The summed E-state index contributed by atoms with van der Waals surface area (Å²) in [6.07, 6.45) is 6.07. The summed E-state index contributed by atoms with van der Waals surface area (Å²) in [4.78, 5) is 17.5. The number of benzene rings is 2. The van der Waals surface area contributed by atoms with Crippen molar-refractivity contribution in [3.63, 3.8) is 0 Å². The fraction of sp³-hybridized carbons (Fsp3) is 0.227. The highest BCUT2D eigenvalue weighted by Gasteiger charge is 2.33. The van der Waals surface area contributed by atoms with Crippen LogP contribution in [0.4, 0.5) is 0 Å². The summed E-state index contributed by atoms with van der Waals surface area (Å²) < 4.78 is 5.99. The molecule has 2 aliphatic heterocycles. The van der Waals surface area contributed by atoms with Gasteiger partial charge in [-0.15, -0.1) is 0 Å². The van der Waals surface area contributed by atoms with Crippen molar-refractivity contribution in [2.75, 3.05) is 13.1 Å². The Balaban J connectivity index is 1.53. The van der Waals surface area contributed by atoms with Gasteiger partial charge in [0.25, 0.3) is 0 Å². The number of aromatic nitrogens is 1. The Hall–Kier alpha value is -3.05. The van der Waals surface area contributed by atoms with Crippen LogP contribution in [0.2, 0.25) is 0 Å². The molecule has 5 rings (SSSR count). The number of aromatic amines is 1. The minimum atomic E-state index is -0.132. The van der Waals surface area contributed by atoms with E-state index in [1.807, 2.05) is 30.5 Å². The molecule has 5 nitrogen and oxygen atoms in total. The van der Waals surface area contributed by atoms with Crippen molar-refractivity contribution < 1.29 is 19.5 Å². The molecule has 0 amide bonds. The predicted molar refractivity (Wildman–Crippen MR) is 103 cm³/mol. The van der Waals surface area contributed by atoms with Crippen LogP contribution in [-0.4, -0.2) is 29.0 Å². The number of H-pyrrole nitrogens is 1. The standard InChI is InChI=1S/C22H20N2O3/c25-19-8-7-16-21(26)20(11-14-12-23-18-6-2-1-5-15(14)18)27-22(16)17(19)13-24-9-3-4-10-24/h1-2,5-8,11-12,23,25H,3-4,9-10,13H2/p+1/b20-11-. The molecule has 136 valence electrons. The number of aromatic hydroxyl groups is 1. The number of ether oxygens (including phenoxy) is 1. The van der Waals surface area contributed by atoms with Crippen molar-refractivity contribution in [1.82, 2.24) is 4.98 Å². The quantitative estimate of drug-likeness (QED) is 0.629. The first-order valence-corrected chi connectivity index (χ1v) is 9.39. The highest BCUT2D eigenvalue weighted by Crippen LogP contribution is 2.39. The number of carbonyl (C=O) groups excluding carboxylic acids is 1. The topological polar surface area (TPSA) is 66.8 Å². The van der Waals surface area contributed by atoms with E-state index in [4.69, 9.17) is 4.74 Å². The monoisotopic (exact) mass is 361 g/mol. The van der Waals surface area contributed by atoms with Crippen molar-refractivity contribution in [3.8, 4) is 11.5 Å². The van der Waals surface area contributed by atoms with Crippen molar-refractivity contribution in [2.24, 2.45) is 0 Å². The van der Waals surface area contributed by atoms with E-state index in [2.05, 4.69) is 4.98 Å². The smallest absolute Gasteiger partial charge is 0.231 e. The normalized spacial score (nSPS) is 18.4. The maximum absolute atomic E-state index is 12.9. The molecule has 0 atom stereocenters. The number of phenolic OH excluding ortho intramolecular Hbond substituents is 1. The first kappa shape index (κ1) is 16.1. The summed E-state index contributed by atoms with van der Waals surface area (Å²) >= 11 is 0. The van der Waals surface area contributed by atoms with Crippen molar-refractivity contribution in [1.29, 1.82) is 0 Å². The highest BCUT2D eigenvalue weighted by molar-refractivity contribution is 6.15. The van der Waals surface area contributed by atoms with E-state index in [0.29, 0.717) is 23.6 Å². The summed E-state index contributed by atoms with van der Waals surface area (Å²) in [5, 5.41) is 11.4. The Morgan fingerprint density at radius 2 is 1.96 bits per heavy atom. The van der Waals surface area contributed by atoms with Gasteiger partial charge in [-0.05, 0) is 24.3 Å². The van der Waals surface area contributed by atoms with E-state index in [9.17, 15) is 9.90 Å². The van der Waals surface area contributed by atoms with Gasteiger partial charge in [0.2, 0.25) is 5.78 Å². The van der Waals surface area contributed by atoms with Crippen LogP contribution in [0.1, 0.15) is 34.3 Å². The Kier molecular flexibility index (Phi) is 3.76. The maximum Gasteiger partial charge on any atom is 0.231 e. The summed E-state index contributed by atoms with van der Waals surface area (Å²) in [5.74, 6) is 0.894. The van der Waals surface area contributed by atoms with E-state index >= 15 is 0 Å². The number of allylic oxidation sites excluding steroid dienone is 1. The third-order valence-corrected chi connectivity index (χ3v) is 5.56. The molecule has 0 bridgehead atoms. The van der Waals surface area contributed by atoms with Gasteiger partial charge in [-0.1, -0.05) is 18.2 Å². The zero-order valence-corrected chi connectivity index (χ0v) is 14.9. The molecule has 3 N–H and O–H groups in total. The first-order valence-electron chi connectivity index (χ1n) is 9.39. The van der Waals surface area contributed by atoms with Crippen LogP contribution < -0.4 is 9.64 Å². The van der Waals surface area contributed by atoms with E-state index in [0.717, 1.165) is 35.1 Å². The van der Waals surface area contributed by atoms with Crippen LogP contribution in [-0.2, 0) is 6.54 Å². The summed E-state index contributed by atoms with van der Waals surface area (Å²) in [6, 6.07) is 11.2. The Labute approximate surface area is 156 Å². The molecule has 5 heteroatoms. The molecular formula is C22H21N2O3+. The summed E-state index contributed by atoms with van der Waals surface area (Å²) in [6.45, 7) is 2.87. The number of fused-ring (bicyclic) bond motifs is 2. The molecule has 0 spiro atoms. The zero-order chi connectivity index (χ0) is 18.4. The minimum Gasteiger partial charge on any atom is -0.507 e. The fourth-order valence-electron chi connectivity index (χ4n) is 4.12. The minimum absolute atomic E-state index is 0.132. The number of hydrogen-bond donors (Lipinski definition) is 3. The van der Waals surface area contributed by atoms with Gasteiger partial charge in [-0.25, -0.2) is 0 Å². The van der Waals surface area contributed by atoms with E-state index in [1.54, 1.807) is 18.2 Å². The first-order chi connectivity index (χ1) is 13.2. The predicted octanol–water partition coefficient (Wildman–Crippen LogP) is 2.67. The third kappa shape index (κ3) is 2.71. The average molecular weight is 361 g/mol. The number of quaternary nitrogens is 1. The van der Waals surface area contributed by atoms with Crippen LogP contribution in [0.5, 0.6) is 11.5 Å². The molecule has 0 saturated carbocycles. The van der Waals surface area contributed by atoms with Crippen LogP contribution in [0.3, 0.4) is 0 Å². The van der Waals surface area contributed by atoms with Crippen molar-refractivity contribution in [2.45, 2.75) is 19.4 Å². The number of likely N-dealkylation sites (tertiary alicyclic amines) is 1. The van der Waals surface area contributed by atoms with Crippen molar-refractivity contribution in [3.05, 3.63) is 65.0 Å². The SMILES string of the molecule is O=C1/C(=C/c2c[nH]c3ccccc23)Oc2c1ccc(O)c2C[NH+]1CCCC1. The molecule has 0 aliphatic carbocycles. The van der Waals surface area contributed by atoms with Gasteiger partial charge < -0.3 is 19.7 Å². The maximum atomic E-state index is 12.9. The van der Waals surface area contributed by atoms with Gasteiger partial charge >= 0.3 is 0 Å². The largest absolute Gasteiger partial charge is 0.507 e. The van der Waals surface area contributed by atoms with Gasteiger partial charge in [0.15, 0.2) is 11.5 Å². The highest BCUT2D eigenvalue weighted by atomic mass is 16.5. The average Bonchev–Trinajstić information content (AvgIpc) is 3.39. The third-order valence-electron chi connectivity index (χ3n) is 5.56. The number of hydrogen-bond acceptors (Lipinski definition) is 3. The van der Waals surface area contributed by atoms with Crippen LogP contribution in [0.15, 0.2) is 48.4 Å². The summed E-state index contributed by atoms with van der Waals surface area (Å²) in [7, 11) is 0. The second-order valence-electron chi connectivity index (χ2n) is 7.30. The number of nitrogens with one attached hydrogen (secondary N) is 2. The molecule has 1 aromatic heterocycles. The molecule has 3 aromatic rings. The van der Waals surface area contributed by atoms with Gasteiger partial charge in [-0.2, -0.15) is 0 Å². The number of phenols is 1. The molecule has 0 radical (unpaired) electrons. The molecule has 1 saturated heterocycles. The van der Waals surface area contributed by atoms with E-state index < -0.39 is 0 Å². The van der Waals surface area contributed by atoms with Crippen LogP contribution >= 0.6 is 0 Å². The molecule has 2 aromatic carbocycles. The van der Waals surface area contributed by atoms with Crippen LogP contribution in [0, 0.1) is 0 Å². The van der Waals surface area contributed by atoms with Gasteiger partial charge in [0.1, 0.15) is 12.3 Å². The van der Waals surface area contributed by atoms with Gasteiger partial charge in [0, 0.05) is 35.5 Å². The second kappa shape index (κ2) is 6.28. The molecular weight excluding hydrogens is 340 g/mol. The van der Waals surface area contributed by atoms with Gasteiger partial charge in [0.05, 0.1) is 24.2 Å². The molecule has 0 unspecified atom stereocenters. The van der Waals surface area contributed by atoms with Crippen LogP contribution in [0.25, 0.3) is 17.0 Å². The number of para-hydroxylation sites is 1. The lowest BCUT2D eigenvalue weighted by Crippen LogP contribution is -3.08. The van der Waals surface area contributed by atoms with Crippen molar-refractivity contribution >= 4 is 22.8 Å². The second-order valence-corrected chi connectivity index (χ2v) is 7.30. The molecule has 3 heterocycles. The Morgan fingerprint density at radius 3 is 2.81 bits per heavy atom. The summed E-state index contributed by atoms with van der Waals surface area (Å²) in [5.41, 5.74) is 3.20. The van der Waals surface area contributed by atoms with Gasteiger partial charge in [-0.3, -0.25) is 4.79 Å². The number of ketones is 1. The molecule has 27 heavy (non-hydrogen) atoms. The fourth-order valence-corrected chi connectivity index (χ4v) is 4.12. The Bertz CT molecular complexity index is 1070. The lowest BCUT2D eigenvalue weighted by atomic mass is 10.0. The number of carbonyl (C=O) groups is 1. The molecule has 1 fully saturated rings. The zero-order valence-electron chi connectivity index (χ0n) is 14.9. The lowest BCUT2D eigenvalue weighted by Gasteiger charge is -2.15. The van der Waals surface area contributed by atoms with E-state index in [-0.39, 0.29) is 11.5 Å². The number of Topliss-reactive ketones (excluding diaryl/α,β-unsaturated/α-hetero) is 1. The lowest BCUT2D eigenvalue weighted by molar-refractivity contribution is -0.901. The molecule has 2 aliphatic rings.